The molecule has 0 bridgehead atoms. The van der Waals surface area contributed by atoms with Gasteiger partial charge in [-0.05, 0) is 11.8 Å². The molecule has 0 aliphatic carbocycles. The topological polar surface area (TPSA) is 52.3 Å². The van der Waals surface area contributed by atoms with Crippen LogP contribution in [0.1, 0.15) is 34.1 Å². The third-order valence-electron chi connectivity index (χ3n) is 2.32. The number of methoxy groups -OCH3 is 1. The number of esters is 1. The average Bonchev–Trinajstić information content (AvgIpc) is 2.15. The number of nitrogens with two attached hydrogens (primary N) is 1. The minimum atomic E-state index is -0.183. The molecule has 2 atom stereocenters. The summed E-state index contributed by atoms with van der Waals surface area (Å²) in [5, 5.41) is 0.279. The van der Waals surface area contributed by atoms with Crippen LogP contribution >= 0.6 is 11.8 Å². The molecular weight excluding hydrogens is 210 g/mol. The van der Waals surface area contributed by atoms with Gasteiger partial charge in [0.1, 0.15) is 0 Å². The molecular formula is C11H23NO2S. The first-order valence-corrected chi connectivity index (χ1v) is 6.31. The molecule has 0 aromatic carbocycles. The van der Waals surface area contributed by atoms with Crippen molar-refractivity contribution in [3.05, 3.63) is 0 Å². The zero-order chi connectivity index (χ0) is 12.1. The van der Waals surface area contributed by atoms with E-state index in [-0.39, 0.29) is 22.7 Å². The van der Waals surface area contributed by atoms with Gasteiger partial charge in [0.25, 0.3) is 0 Å². The van der Waals surface area contributed by atoms with Crippen LogP contribution in [0.5, 0.6) is 0 Å². The molecule has 15 heavy (non-hydrogen) atoms. The van der Waals surface area contributed by atoms with Gasteiger partial charge >= 0.3 is 5.97 Å². The van der Waals surface area contributed by atoms with Crippen molar-refractivity contribution < 1.29 is 9.53 Å². The Hall–Kier alpha value is -0.220. The summed E-state index contributed by atoms with van der Waals surface area (Å²) in [4.78, 5) is 11.1. The Bertz CT molecular complexity index is 201. The summed E-state index contributed by atoms with van der Waals surface area (Å²) in [5.74, 6) is 0.198. The SMILES string of the molecule is CCC(N)C(SCC(=O)OC)C(C)(C)C. The smallest absolute Gasteiger partial charge is 0.315 e. The number of ether oxygens (including phenoxy) is 1. The van der Waals surface area contributed by atoms with Gasteiger partial charge in [-0.25, -0.2) is 0 Å². The Balaban J connectivity index is 4.33. The normalized spacial score (nSPS) is 15.9. The fourth-order valence-electron chi connectivity index (χ4n) is 1.45. The number of carbonyl (C=O) groups excluding carboxylic acids is 1. The van der Waals surface area contributed by atoms with Crippen molar-refractivity contribution in [1.82, 2.24) is 0 Å². The lowest BCUT2D eigenvalue weighted by Crippen LogP contribution is -2.41. The van der Waals surface area contributed by atoms with Crippen LogP contribution < -0.4 is 5.73 Å². The predicted molar refractivity (Wildman–Crippen MR) is 66.0 cm³/mol. The Morgan fingerprint density at radius 1 is 1.47 bits per heavy atom. The molecule has 0 aromatic heterocycles. The van der Waals surface area contributed by atoms with Crippen LogP contribution in [-0.2, 0) is 9.53 Å². The van der Waals surface area contributed by atoms with E-state index >= 15 is 0 Å². The molecule has 0 saturated carbocycles. The van der Waals surface area contributed by atoms with Crippen molar-refractivity contribution in [2.24, 2.45) is 11.1 Å². The van der Waals surface area contributed by atoms with Crippen LogP contribution in [0, 0.1) is 5.41 Å². The van der Waals surface area contributed by atoms with Crippen molar-refractivity contribution in [2.45, 2.75) is 45.4 Å². The van der Waals surface area contributed by atoms with Gasteiger partial charge in [0.15, 0.2) is 0 Å². The lowest BCUT2D eigenvalue weighted by molar-refractivity contribution is -0.137. The van der Waals surface area contributed by atoms with Gasteiger partial charge in [-0.15, -0.1) is 11.8 Å². The van der Waals surface area contributed by atoms with Crippen LogP contribution in [0.4, 0.5) is 0 Å². The first kappa shape index (κ1) is 14.8. The fraction of sp³-hybridized carbons (Fsp3) is 0.909. The van der Waals surface area contributed by atoms with E-state index < -0.39 is 0 Å². The first-order chi connectivity index (χ1) is 6.82. The Morgan fingerprint density at radius 2 is 2.00 bits per heavy atom. The highest BCUT2D eigenvalue weighted by atomic mass is 32.2. The zero-order valence-electron chi connectivity index (χ0n) is 10.4. The second kappa shape index (κ2) is 6.38. The van der Waals surface area contributed by atoms with Crippen molar-refractivity contribution >= 4 is 17.7 Å². The zero-order valence-corrected chi connectivity index (χ0v) is 11.2. The third kappa shape index (κ3) is 5.42. The summed E-state index contributed by atoms with van der Waals surface area (Å²) in [7, 11) is 1.41. The van der Waals surface area contributed by atoms with E-state index in [4.69, 9.17) is 5.73 Å². The fourth-order valence-corrected chi connectivity index (χ4v) is 2.82. The average molecular weight is 233 g/mol. The van der Waals surface area contributed by atoms with E-state index in [0.29, 0.717) is 5.75 Å². The molecule has 0 heterocycles. The Kier molecular flexibility index (Phi) is 6.29. The summed E-state index contributed by atoms with van der Waals surface area (Å²) in [6.45, 7) is 8.52. The monoisotopic (exact) mass is 233 g/mol. The highest BCUT2D eigenvalue weighted by molar-refractivity contribution is 8.00. The highest BCUT2D eigenvalue weighted by Gasteiger charge is 2.30. The van der Waals surface area contributed by atoms with Crippen LogP contribution in [0.3, 0.4) is 0 Å². The highest BCUT2D eigenvalue weighted by Crippen LogP contribution is 2.33. The number of carbonyl (C=O) groups is 1. The summed E-state index contributed by atoms with van der Waals surface area (Å²) in [6.07, 6.45) is 0.927. The standard InChI is InChI=1S/C11H23NO2S/c1-6-8(12)10(11(2,3)4)15-7-9(13)14-5/h8,10H,6-7,12H2,1-5H3. The molecule has 90 valence electrons. The molecule has 3 nitrogen and oxygen atoms in total. The Morgan fingerprint density at radius 3 is 2.33 bits per heavy atom. The van der Waals surface area contributed by atoms with Gasteiger partial charge in [-0.2, -0.15) is 0 Å². The van der Waals surface area contributed by atoms with Crippen LogP contribution in [-0.4, -0.2) is 30.1 Å². The van der Waals surface area contributed by atoms with Crippen molar-refractivity contribution in [1.29, 1.82) is 0 Å². The van der Waals surface area contributed by atoms with Gasteiger partial charge in [-0.1, -0.05) is 27.7 Å². The predicted octanol–water partition coefficient (Wildman–Crippen LogP) is 2.04. The molecule has 4 heteroatoms. The molecule has 0 aliphatic rings. The molecule has 0 aromatic rings. The van der Waals surface area contributed by atoms with E-state index in [9.17, 15) is 4.79 Å². The molecule has 2 N–H and O–H groups in total. The minimum Gasteiger partial charge on any atom is -0.468 e. The maximum atomic E-state index is 11.1. The Labute approximate surface area is 97.1 Å². The molecule has 0 spiro atoms. The first-order valence-electron chi connectivity index (χ1n) is 5.27. The van der Waals surface area contributed by atoms with E-state index in [1.54, 1.807) is 11.8 Å². The maximum absolute atomic E-state index is 11.1. The van der Waals surface area contributed by atoms with Crippen LogP contribution in [0.15, 0.2) is 0 Å². The van der Waals surface area contributed by atoms with E-state index in [2.05, 4.69) is 32.4 Å². The molecule has 0 radical (unpaired) electrons. The van der Waals surface area contributed by atoms with Gasteiger partial charge in [0.2, 0.25) is 0 Å². The van der Waals surface area contributed by atoms with E-state index in [1.807, 2.05) is 0 Å². The van der Waals surface area contributed by atoms with Crippen molar-refractivity contribution in [3.8, 4) is 0 Å². The summed E-state index contributed by atoms with van der Waals surface area (Å²) >= 11 is 1.59. The molecule has 0 aliphatic heterocycles. The summed E-state index contributed by atoms with van der Waals surface area (Å²) < 4.78 is 4.63. The van der Waals surface area contributed by atoms with Gasteiger partial charge in [-0.3, -0.25) is 4.79 Å². The molecule has 0 rings (SSSR count). The van der Waals surface area contributed by atoms with Gasteiger partial charge < -0.3 is 10.5 Å². The van der Waals surface area contributed by atoms with Crippen molar-refractivity contribution in [2.75, 3.05) is 12.9 Å². The number of thioether (sulfide) groups is 1. The maximum Gasteiger partial charge on any atom is 0.315 e. The van der Waals surface area contributed by atoms with Crippen LogP contribution in [0.25, 0.3) is 0 Å². The number of hydrogen-bond donors (Lipinski definition) is 1. The van der Waals surface area contributed by atoms with Gasteiger partial charge in [0, 0.05) is 11.3 Å². The molecule has 2 unspecified atom stereocenters. The third-order valence-corrected chi connectivity index (χ3v) is 4.14. The molecule has 0 fully saturated rings. The lowest BCUT2D eigenvalue weighted by Gasteiger charge is -2.34. The number of hydrogen-bond acceptors (Lipinski definition) is 4. The minimum absolute atomic E-state index is 0.105. The quantitative estimate of drug-likeness (QED) is 0.738. The van der Waals surface area contributed by atoms with Crippen molar-refractivity contribution in [3.63, 3.8) is 0 Å². The summed E-state index contributed by atoms with van der Waals surface area (Å²) in [5.41, 5.74) is 6.16. The molecule has 0 amide bonds. The number of rotatable bonds is 5. The summed E-state index contributed by atoms with van der Waals surface area (Å²) in [6, 6.07) is 0.125. The van der Waals surface area contributed by atoms with Gasteiger partial charge in [0.05, 0.1) is 12.9 Å². The lowest BCUT2D eigenvalue weighted by atomic mass is 9.87. The van der Waals surface area contributed by atoms with Crippen LogP contribution in [0.2, 0.25) is 0 Å². The molecule has 0 saturated heterocycles. The second-order valence-electron chi connectivity index (χ2n) is 4.75. The second-order valence-corrected chi connectivity index (χ2v) is 5.88. The van der Waals surface area contributed by atoms with E-state index in [0.717, 1.165) is 6.42 Å². The largest absolute Gasteiger partial charge is 0.468 e. The van der Waals surface area contributed by atoms with E-state index in [1.165, 1.54) is 7.11 Å².